The summed E-state index contributed by atoms with van der Waals surface area (Å²) in [5, 5.41) is 16.4. The number of hydrogen-bond acceptors (Lipinski definition) is 3. The molecule has 3 N–H and O–H groups in total. The molecule has 26 heavy (non-hydrogen) atoms. The van der Waals surface area contributed by atoms with E-state index in [0.717, 1.165) is 64.5 Å². The van der Waals surface area contributed by atoms with Gasteiger partial charge in [0, 0.05) is 32.7 Å². The van der Waals surface area contributed by atoms with E-state index in [2.05, 4.69) is 43.2 Å². The van der Waals surface area contributed by atoms with Crippen LogP contribution >= 0.6 is 24.0 Å². The van der Waals surface area contributed by atoms with E-state index in [4.69, 9.17) is 4.99 Å². The molecule has 0 saturated carbocycles. The molecule has 1 fully saturated rings. The molecule has 1 saturated heterocycles. The zero-order valence-corrected chi connectivity index (χ0v) is 19.8. The van der Waals surface area contributed by atoms with Gasteiger partial charge in [0.05, 0.1) is 6.10 Å². The molecule has 1 aliphatic heterocycles. The molecule has 0 unspecified atom stereocenters. The van der Waals surface area contributed by atoms with Gasteiger partial charge in [-0.3, -0.25) is 4.99 Å². The number of guanidine groups is 1. The summed E-state index contributed by atoms with van der Waals surface area (Å²) in [6, 6.07) is 0. The lowest BCUT2D eigenvalue weighted by molar-refractivity contribution is 0.0823. The first-order chi connectivity index (χ1) is 12.0. The molecule has 0 aliphatic carbocycles. The van der Waals surface area contributed by atoms with Crippen molar-refractivity contribution >= 4 is 29.9 Å². The Bertz CT molecular complexity index is 369. The number of unbranched alkanes of at least 4 members (excludes halogenated alkanes) is 2. The summed E-state index contributed by atoms with van der Waals surface area (Å²) in [7, 11) is 0. The number of nitrogens with one attached hydrogen (secondary N) is 2. The van der Waals surface area contributed by atoms with Gasteiger partial charge in [-0.15, -0.1) is 24.0 Å². The number of halogens is 1. The monoisotopic (exact) mass is 482 g/mol. The Balaban J connectivity index is 0.00000625. The molecule has 1 aliphatic rings. The van der Waals surface area contributed by atoms with Crippen molar-refractivity contribution in [3.8, 4) is 0 Å². The normalized spacial score (nSPS) is 17.0. The minimum absolute atomic E-state index is 0. The molecule has 1 heterocycles. The maximum Gasteiger partial charge on any atom is 0.191 e. The molecule has 0 spiro atoms. The molecule has 0 aromatic heterocycles. The van der Waals surface area contributed by atoms with Crippen LogP contribution in [0.3, 0.4) is 0 Å². The van der Waals surface area contributed by atoms with Gasteiger partial charge in [0.2, 0.25) is 0 Å². The molecule has 0 atom stereocenters. The van der Waals surface area contributed by atoms with Crippen LogP contribution in [0.4, 0.5) is 0 Å². The fourth-order valence-corrected chi connectivity index (χ4v) is 3.22. The van der Waals surface area contributed by atoms with E-state index in [1.54, 1.807) is 0 Å². The summed E-state index contributed by atoms with van der Waals surface area (Å²) in [5.74, 6) is 0.945. The Morgan fingerprint density at radius 3 is 2.42 bits per heavy atom. The topological polar surface area (TPSA) is 59.9 Å². The Morgan fingerprint density at radius 2 is 1.81 bits per heavy atom. The van der Waals surface area contributed by atoms with Crippen molar-refractivity contribution in [1.82, 2.24) is 15.5 Å². The predicted molar refractivity (Wildman–Crippen MR) is 124 cm³/mol. The van der Waals surface area contributed by atoms with Gasteiger partial charge in [-0.05, 0) is 44.6 Å². The number of hydrogen-bond donors (Lipinski definition) is 3. The first-order valence-corrected chi connectivity index (χ1v) is 10.4. The van der Waals surface area contributed by atoms with E-state index in [9.17, 15) is 5.11 Å². The molecular formula is C20H43IN4O. The van der Waals surface area contributed by atoms with E-state index in [1.165, 1.54) is 25.7 Å². The minimum atomic E-state index is -0.0810. The first kappa shape index (κ1) is 25.9. The molecule has 0 amide bonds. The summed E-state index contributed by atoms with van der Waals surface area (Å²) in [4.78, 5) is 7.26. The van der Waals surface area contributed by atoms with Gasteiger partial charge in [-0.1, -0.05) is 40.0 Å². The highest BCUT2D eigenvalue weighted by molar-refractivity contribution is 14.0. The molecule has 156 valence electrons. The maximum absolute atomic E-state index is 9.56. The van der Waals surface area contributed by atoms with Crippen LogP contribution < -0.4 is 10.6 Å². The lowest BCUT2D eigenvalue weighted by Crippen LogP contribution is -2.40. The number of nitrogens with zero attached hydrogens (tertiary/aromatic N) is 2. The summed E-state index contributed by atoms with van der Waals surface area (Å²) < 4.78 is 0. The highest BCUT2D eigenvalue weighted by Gasteiger charge is 2.17. The predicted octanol–water partition coefficient (Wildman–Crippen LogP) is 3.61. The number of piperidine rings is 1. The average molecular weight is 482 g/mol. The van der Waals surface area contributed by atoms with Crippen molar-refractivity contribution in [2.45, 2.75) is 78.7 Å². The van der Waals surface area contributed by atoms with E-state index >= 15 is 0 Å². The van der Waals surface area contributed by atoms with Crippen LogP contribution in [-0.2, 0) is 0 Å². The lowest BCUT2D eigenvalue weighted by Gasteiger charge is -2.29. The quantitative estimate of drug-likeness (QED) is 0.182. The van der Waals surface area contributed by atoms with E-state index in [0.29, 0.717) is 0 Å². The van der Waals surface area contributed by atoms with Crippen molar-refractivity contribution < 1.29 is 5.11 Å². The smallest absolute Gasteiger partial charge is 0.191 e. The molecule has 1 rings (SSSR count). The summed E-state index contributed by atoms with van der Waals surface area (Å²) in [6.45, 7) is 14.9. The Morgan fingerprint density at radius 1 is 1.12 bits per heavy atom. The molecule has 0 aromatic carbocycles. The molecular weight excluding hydrogens is 439 g/mol. The highest BCUT2D eigenvalue weighted by Crippen LogP contribution is 2.23. The maximum atomic E-state index is 9.56. The summed E-state index contributed by atoms with van der Waals surface area (Å²) in [5.41, 5.74) is 0.270. The first-order valence-electron chi connectivity index (χ1n) is 10.4. The molecule has 0 radical (unpaired) electrons. The lowest BCUT2D eigenvalue weighted by atomic mass is 9.87. The van der Waals surface area contributed by atoms with Crippen molar-refractivity contribution in [3.05, 3.63) is 0 Å². The van der Waals surface area contributed by atoms with Gasteiger partial charge in [0.15, 0.2) is 5.96 Å². The van der Waals surface area contributed by atoms with Gasteiger partial charge < -0.3 is 20.6 Å². The van der Waals surface area contributed by atoms with Crippen LogP contribution in [0.15, 0.2) is 4.99 Å². The fraction of sp³-hybridized carbons (Fsp3) is 0.950. The van der Waals surface area contributed by atoms with Crippen molar-refractivity contribution in [2.75, 3.05) is 39.3 Å². The zero-order valence-electron chi connectivity index (χ0n) is 17.5. The Labute approximate surface area is 178 Å². The minimum Gasteiger partial charge on any atom is -0.393 e. The van der Waals surface area contributed by atoms with Gasteiger partial charge in [0.1, 0.15) is 0 Å². The van der Waals surface area contributed by atoms with Gasteiger partial charge >= 0.3 is 0 Å². The Kier molecular flexibility index (Phi) is 14.9. The summed E-state index contributed by atoms with van der Waals surface area (Å²) in [6.07, 6.45) is 8.01. The van der Waals surface area contributed by atoms with Crippen LogP contribution in [0, 0.1) is 5.41 Å². The third-order valence-corrected chi connectivity index (χ3v) is 4.97. The SMILES string of the molecule is CCCCCC(C)(C)CN=C(NCC)NCCCN1CCC(O)CC1.I. The molecule has 5 nitrogen and oxygen atoms in total. The molecule has 6 heteroatoms. The van der Waals surface area contributed by atoms with Crippen LogP contribution in [0.2, 0.25) is 0 Å². The number of aliphatic imine (C=N–C) groups is 1. The van der Waals surface area contributed by atoms with Crippen molar-refractivity contribution in [3.63, 3.8) is 0 Å². The number of likely N-dealkylation sites (tertiary alicyclic amines) is 1. The number of rotatable bonds is 11. The second kappa shape index (κ2) is 14.9. The molecule has 0 bridgehead atoms. The van der Waals surface area contributed by atoms with Crippen molar-refractivity contribution in [1.29, 1.82) is 0 Å². The molecule has 0 aromatic rings. The van der Waals surface area contributed by atoms with E-state index in [1.807, 2.05) is 0 Å². The summed E-state index contributed by atoms with van der Waals surface area (Å²) >= 11 is 0. The van der Waals surface area contributed by atoms with E-state index < -0.39 is 0 Å². The number of aliphatic hydroxyl groups excluding tert-OH is 1. The van der Waals surface area contributed by atoms with Gasteiger partial charge in [0.25, 0.3) is 0 Å². The van der Waals surface area contributed by atoms with Crippen LogP contribution in [-0.4, -0.2) is 61.3 Å². The second-order valence-electron chi connectivity index (χ2n) is 8.17. The highest BCUT2D eigenvalue weighted by atomic mass is 127. The zero-order chi connectivity index (χ0) is 18.5. The van der Waals surface area contributed by atoms with Gasteiger partial charge in [-0.2, -0.15) is 0 Å². The van der Waals surface area contributed by atoms with Crippen LogP contribution in [0.5, 0.6) is 0 Å². The van der Waals surface area contributed by atoms with Gasteiger partial charge in [-0.25, -0.2) is 0 Å². The second-order valence-corrected chi connectivity index (χ2v) is 8.17. The largest absolute Gasteiger partial charge is 0.393 e. The number of aliphatic hydroxyl groups is 1. The Hall–Kier alpha value is -0.0800. The standard InChI is InChI=1S/C20H42N4O.HI/c1-5-7-8-12-20(3,4)17-23-19(21-6-2)22-13-9-14-24-15-10-18(25)11-16-24;/h18,25H,5-17H2,1-4H3,(H2,21,22,23);1H. The average Bonchev–Trinajstić information content (AvgIpc) is 2.58. The third kappa shape index (κ3) is 12.3. The van der Waals surface area contributed by atoms with Crippen LogP contribution in [0.1, 0.15) is 72.6 Å². The van der Waals surface area contributed by atoms with Crippen LogP contribution in [0.25, 0.3) is 0 Å². The third-order valence-electron chi connectivity index (χ3n) is 4.97. The van der Waals surface area contributed by atoms with E-state index in [-0.39, 0.29) is 35.5 Å². The fourth-order valence-electron chi connectivity index (χ4n) is 3.22. The van der Waals surface area contributed by atoms with Crippen molar-refractivity contribution in [2.24, 2.45) is 10.4 Å².